The van der Waals surface area contributed by atoms with Crippen LogP contribution in [0, 0.1) is 24.1 Å². The third kappa shape index (κ3) is 2.75. The van der Waals surface area contributed by atoms with E-state index in [1.807, 2.05) is 13.0 Å². The van der Waals surface area contributed by atoms with Crippen LogP contribution in [0.5, 0.6) is 0 Å². The number of hydrogen-bond donors (Lipinski definition) is 2. The largest absolute Gasteiger partial charge is 0.478 e. The number of carboxylic acids is 1. The van der Waals surface area contributed by atoms with Gasteiger partial charge in [0, 0.05) is 5.69 Å². The summed E-state index contributed by atoms with van der Waals surface area (Å²) in [6.45, 7) is 1.88. The fraction of sp³-hybridized carbons (Fsp3) is 0.0667. The minimum Gasteiger partial charge on any atom is -0.478 e. The molecule has 2 aromatic rings. The molecule has 0 aliphatic heterocycles. The van der Waals surface area contributed by atoms with Crippen LogP contribution >= 0.6 is 0 Å². The van der Waals surface area contributed by atoms with Gasteiger partial charge in [0.25, 0.3) is 0 Å². The highest BCUT2D eigenvalue weighted by Gasteiger charge is 2.11. The molecule has 0 amide bonds. The van der Waals surface area contributed by atoms with E-state index in [0.717, 1.165) is 11.6 Å². The molecule has 0 aromatic heterocycles. The van der Waals surface area contributed by atoms with E-state index in [1.54, 1.807) is 18.2 Å². The molecule has 2 rings (SSSR count). The zero-order chi connectivity index (χ0) is 14.7. The number of aromatic carboxylic acids is 1. The second kappa shape index (κ2) is 5.41. The monoisotopic (exact) mass is 270 g/mol. The molecule has 0 saturated carbocycles. The summed E-state index contributed by atoms with van der Waals surface area (Å²) in [5.74, 6) is -2.14. The molecule has 100 valence electrons. The molecule has 2 N–H and O–H groups in total. The molecule has 0 spiro atoms. The minimum atomic E-state index is -1.32. The summed E-state index contributed by atoms with van der Waals surface area (Å²) in [5.41, 5.74) is 1.93. The van der Waals surface area contributed by atoms with E-state index >= 15 is 0 Å². The van der Waals surface area contributed by atoms with Crippen LogP contribution in [-0.4, -0.2) is 11.1 Å². The molecule has 0 radical (unpaired) electrons. The van der Waals surface area contributed by atoms with Gasteiger partial charge in [-0.1, -0.05) is 6.07 Å². The molecule has 0 aliphatic rings. The maximum Gasteiger partial charge on any atom is 0.338 e. The van der Waals surface area contributed by atoms with E-state index in [-0.39, 0.29) is 5.56 Å². The van der Waals surface area contributed by atoms with Crippen LogP contribution in [-0.2, 0) is 0 Å². The maximum atomic E-state index is 13.6. The first kappa shape index (κ1) is 13.6. The minimum absolute atomic E-state index is 0.384. The predicted molar refractivity (Wildman–Crippen MR) is 72.5 cm³/mol. The summed E-state index contributed by atoms with van der Waals surface area (Å²) in [7, 11) is 0. The Bertz CT molecular complexity index is 720. The molecule has 0 saturated heterocycles. The first-order chi connectivity index (χ1) is 9.51. The molecule has 0 aliphatic carbocycles. The average Bonchev–Trinajstić information content (AvgIpc) is 2.38. The number of rotatable bonds is 3. The van der Waals surface area contributed by atoms with Crippen LogP contribution in [0.2, 0.25) is 0 Å². The lowest BCUT2D eigenvalue weighted by Crippen LogP contribution is -2.02. The number of aryl methyl sites for hydroxylation is 1. The Morgan fingerprint density at radius 1 is 1.30 bits per heavy atom. The van der Waals surface area contributed by atoms with Crippen molar-refractivity contribution < 1.29 is 14.3 Å². The van der Waals surface area contributed by atoms with E-state index in [1.165, 1.54) is 12.1 Å². The Labute approximate surface area is 115 Å². The lowest BCUT2D eigenvalue weighted by atomic mass is 10.1. The molecule has 4 nitrogen and oxygen atoms in total. The van der Waals surface area contributed by atoms with Crippen molar-refractivity contribution in [1.82, 2.24) is 0 Å². The Hall–Kier alpha value is -2.87. The van der Waals surface area contributed by atoms with Gasteiger partial charge in [-0.05, 0) is 42.8 Å². The SMILES string of the molecule is Cc1ccc(C#N)c(Nc2ccc(C(=O)O)c(F)c2)c1. The van der Waals surface area contributed by atoms with Gasteiger partial charge < -0.3 is 10.4 Å². The van der Waals surface area contributed by atoms with Gasteiger partial charge in [-0.2, -0.15) is 5.26 Å². The highest BCUT2D eigenvalue weighted by atomic mass is 19.1. The lowest BCUT2D eigenvalue weighted by Gasteiger charge is -2.10. The molecule has 5 heteroatoms. The number of nitriles is 1. The molecular weight excluding hydrogens is 259 g/mol. The number of carbonyl (C=O) groups is 1. The van der Waals surface area contributed by atoms with Crippen molar-refractivity contribution >= 4 is 17.3 Å². The van der Waals surface area contributed by atoms with Gasteiger partial charge in [0.15, 0.2) is 0 Å². The van der Waals surface area contributed by atoms with E-state index in [0.29, 0.717) is 16.9 Å². The predicted octanol–water partition coefficient (Wildman–Crippen LogP) is 3.45. The summed E-state index contributed by atoms with van der Waals surface area (Å²) in [5, 5.41) is 20.7. The Balaban J connectivity index is 2.36. The highest BCUT2D eigenvalue weighted by molar-refractivity contribution is 5.88. The van der Waals surface area contributed by atoms with Gasteiger partial charge in [-0.15, -0.1) is 0 Å². The number of hydrogen-bond acceptors (Lipinski definition) is 3. The van der Waals surface area contributed by atoms with Crippen LogP contribution in [0.3, 0.4) is 0 Å². The van der Waals surface area contributed by atoms with Crippen molar-refractivity contribution in [2.24, 2.45) is 0 Å². The lowest BCUT2D eigenvalue weighted by molar-refractivity contribution is 0.0692. The molecule has 2 aromatic carbocycles. The number of anilines is 2. The van der Waals surface area contributed by atoms with Crippen LogP contribution in [0.1, 0.15) is 21.5 Å². The topological polar surface area (TPSA) is 73.1 Å². The summed E-state index contributed by atoms with van der Waals surface area (Å²) in [6.07, 6.45) is 0. The number of carboxylic acid groups (broad SMARTS) is 1. The third-order valence-electron chi connectivity index (χ3n) is 2.77. The van der Waals surface area contributed by atoms with Gasteiger partial charge in [0.1, 0.15) is 11.9 Å². The van der Waals surface area contributed by atoms with Crippen molar-refractivity contribution in [2.75, 3.05) is 5.32 Å². The van der Waals surface area contributed by atoms with Gasteiger partial charge in [-0.25, -0.2) is 9.18 Å². The van der Waals surface area contributed by atoms with Gasteiger partial charge >= 0.3 is 5.97 Å². The standard InChI is InChI=1S/C15H11FN2O2/c1-9-2-3-10(8-17)14(6-9)18-11-4-5-12(15(19)20)13(16)7-11/h2-7,18H,1H3,(H,19,20). The first-order valence-corrected chi connectivity index (χ1v) is 5.82. The molecule has 0 fully saturated rings. The van der Waals surface area contributed by atoms with Crippen LogP contribution in [0.4, 0.5) is 15.8 Å². The molecule has 0 atom stereocenters. The molecule has 0 unspecified atom stereocenters. The number of halogens is 1. The number of nitrogens with one attached hydrogen (secondary N) is 1. The van der Waals surface area contributed by atoms with E-state index in [2.05, 4.69) is 5.32 Å². The molecular formula is C15H11FN2O2. The summed E-state index contributed by atoms with van der Waals surface area (Å²) in [6, 6.07) is 11.0. The second-order valence-electron chi connectivity index (χ2n) is 4.29. The Morgan fingerprint density at radius 2 is 2.05 bits per heavy atom. The van der Waals surface area contributed by atoms with Crippen LogP contribution < -0.4 is 5.32 Å². The second-order valence-corrected chi connectivity index (χ2v) is 4.29. The highest BCUT2D eigenvalue weighted by Crippen LogP contribution is 2.23. The number of benzene rings is 2. The number of nitrogens with zero attached hydrogens (tertiary/aromatic N) is 1. The van der Waals surface area contributed by atoms with Crippen molar-refractivity contribution in [1.29, 1.82) is 5.26 Å². The quantitative estimate of drug-likeness (QED) is 0.895. The smallest absolute Gasteiger partial charge is 0.338 e. The van der Waals surface area contributed by atoms with Gasteiger partial charge in [0.05, 0.1) is 16.8 Å². The van der Waals surface area contributed by atoms with Crippen LogP contribution in [0.15, 0.2) is 36.4 Å². The third-order valence-corrected chi connectivity index (χ3v) is 2.77. The Kier molecular flexibility index (Phi) is 3.67. The van der Waals surface area contributed by atoms with E-state index in [9.17, 15) is 9.18 Å². The van der Waals surface area contributed by atoms with E-state index < -0.39 is 11.8 Å². The van der Waals surface area contributed by atoms with Crippen LogP contribution in [0.25, 0.3) is 0 Å². The fourth-order valence-electron chi connectivity index (χ4n) is 1.78. The average molecular weight is 270 g/mol. The van der Waals surface area contributed by atoms with E-state index in [4.69, 9.17) is 10.4 Å². The van der Waals surface area contributed by atoms with Gasteiger partial charge in [0.2, 0.25) is 0 Å². The van der Waals surface area contributed by atoms with Crippen molar-refractivity contribution in [3.8, 4) is 6.07 Å². The summed E-state index contributed by atoms with van der Waals surface area (Å²) in [4.78, 5) is 10.7. The summed E-state index contributed by atoms with van der Waals surface area (Å²) < 4.78 is 13.6. The molecule has 0 bridgehead atoms. The van der Waals surface area contributed by atoms with Crippen molar-refractivity contribution in [3.05, 3.63) is 58.9 Å². The van der Waals surface area contributed by atoms with Crippen molar-refractivity contribution in [2.45, 2.75) is 6.92 Å². The van der Waals surface area contributed by atoms with Crippen molar-refractivity contribution in [3.63, 3.8) is 0 Å². The Morgan fingerprint density at radius 3 is 2.65 bits per heavy atom. The zero-order valence-corrected chi connectivity index (χ0v) is 10.6. The molecule has 20 heavy (non-hydrogen) atoms. The van der Waals surface area contributed by atoms with Gasteiger partial charge in [-0.3, -0.25) is 0 Å². The fourth-order valence-corrected chi connectivity index (χ4v) is 1.78. The first-order valence-electron chi connectivity index (χ1n) is 5.82. The molecule has 0 heterocycles. The normalized spacial score (nSPS) is 9.85. The zero-order valence-electron chi connectivity index (χ0n) is 10.6. The summed E-state index contributed by atoms with van der Waals surface area (Å²) >= 11 is 0. The maximum absolute atomic E-state index is 13.6.